The van der Waals surface area contributed by atoms with Crippen LogP contribution in [0.1, 0.15) is 5.56 Å². The summed E-state index contributed by atoms with van der Waals surface area (Å²) < 4.78 is 16.3. The Bertz CT molecular complexity index is 426. The molecule has 0 saturated carbocycles. The second-order valence-electron chi connectivity index (χ2n) is 4.96. The lowest BCUT2D eigenvalue weighted by Gasteiger charge is -2.32. The van der Waals surface area contributed by atoms with Crippen molar-refractivity contribution in [3.63, 3.8) is 0 Å². The van der Waals surface area contributed by atoms with Crippen molar-refractivity contribution in [2.45, 2.75) is 12.5 Å². The highest BCUT2D eigenvalue weighted by Crippen LogP contribution is 2.24. The number of nitrogens with zero attached hydrogens (tertiary/aromatic N) is 1. The lowest BCUT2D eigenvalue weighted by Crippen LogP contribution is -2.46. The van der Waals surface area contributed by atoms with Crippen LogP contribution in [0.3, 0.4) is 0 Å². The summed E-state index contributed by atoms with van der Waals surface area (Å²) in [6.07, 6.45) is 1.09. The van der Waals surface area contributed by atoms with E-state index in [1.165, 1.54) is 5.56 Å². The van der Waals surface area contributed by atoms with Gasteiger partial charge in [-0.05, 0) is 30.2 Å². The molecule has 5 heteroatoms. The summed E-state index contributed by atoms with van der Waals surface area (Å²) in [5.41, 5.74) is 6.84. The smallest absolute Gasteiger partial charge is 0.122 e. The monoisotopic (exact) mass is 280 g/mol. The van der Waals surface area contributed by atoms with Crippen LogP contribution in [0.5, 0.6) is 11.5 Å². The number of nitrogens with two attached hydrogens (primary N) is 1. The molecule has 5 nitrogen and oxygen atoms in total. The zero-order valence-corrected chi connectivity index (χ0v) is 12.3. The third-order valence-corrected chi connectivity index (χ3v) is 3.67. The van der Waals surface area contributed by atoms with E-state index in [-0.39, 0.29) is 6.10 Å². The number of morpholine rings is 1. The Morgan fingerprint density at radius 3 is 2.90 bits per heavy atom. The Morgan fingerprint density at radius 1 is 1.35 bits per heavy atom. The molecule has 1 fully saturated rings. The fourth-order valence-corrected chi connectivity index (χ4v) is 2.48. The Labute approximate surface area is 120 Å². The van der Waals surface area contributed by atoms with Gasteiger partial charge in [-0.15, -0.1) is 0 Å². The highest BCUT2D eigenvalue weighted by Gasteiger charge is 2.19. The molecule has 112 valence electrons. The van der Waals surface area contributed by atoms with Crippen LogP contribution in [0, 0.1) is 0 Å². The molecule has 1 heterocycles. The third-order valence-electron chi connectivity index (χ3n) is 3.67. The molecule has 2 N–H and O–H groups in total. The zero-order chi connectivity index (χ0) is 14.4. The first-order valence-electron chi connectivity index (χ1n) is 7.01. The van der Waals surface area contributed by atoms with Crippen molar-refractivity contribution >= 4 is 0 Å². The predicted octanol–water partition coefficient (Wildman–Crippen LogP) is 0.906. The van der Waals surface area contributed by atoms with Crippen molar-refractivity contribution in [2.24, 2.45) is 5.73 Å². The maximum absolute atomic E-state index is 5.67. The van der Waals surface area contributed by atoms with Crippen molar-refractivity contribution in [3.8, 4) is 11.5 Å². The summed E-state index contributed by atoms with van der Waals surface area (Å²) in [5.74, 6) is 1.78. The van der Waals surface area contributed by atoms with Crippen molar-refractivity contribution in [2.75, 3.05) is 47.0 Å². The van der Waals surface area contributed by atoms with Crippen LogP contribution in [0.4, 0.5) is 0 Å². The summed E-state index contributed by atoms with van der Waals surface area (Å²) in [5, 5.41) is 0. The highest BCUT2D eigenvalue weighted by atomic mass is 16.5. The van der Waals surface area contributed by atoms with Gasteiger partial charge in [-0.2, -0.15) is 0 Å². The number of benzene rings is 1. The molecule has 1 aliphatic heterocycles. The van der Waals surface area contributed by atoms with Gasteiger partial charge in [0.2, 0.25) is 0 Å². The fraction of sp³-hybridized carbons (Fsp3) is 0.600. The Hall–Kier alpha value is -1.30. The van der Waals surface area contributed by atoms with E-state index in [0.717, 1.165) is 44.2 Å². The zero-order valence-electron chi connectivity index (χ0n) is 12.3. The lowest BCUT2D eigenvalue weighted by molar-refractivity contribution is -0.0226. The number of methoxy groups -OCH3 is 2. The highest BCUT2D eigenvalue weighted by molar-refractivity contribution is 5.40. The van der Waals surface area contributed by atoms with E-state index >= 15 is 0 Å². The van der Waals surface area contributed by atoms with E-state index in [0.29, 0.717) is 6.54 Å². The first kappa shape index (κ1) is 15.1. The number of rotatable bonds is 6. The van der Waals surface area contributed by atoms with Crippen LogP contribution in [0.15, 0.2) is 18.2 Å². The Balaban J connectivity index is 1.95. The molecule has 2 rings (SSSR count). The summed E-state index contributed by atoms with van der Waals surface area (Å²) in [6, 6.07) is 5.91. The van der Waals surface area contributed by atoms with Crippen LogP contribution >= 0.6 is 0 Å². The van der Waals surface area contributed by atoms with E-state index < -0.39 is 0 Å². The lowest BCUT2D eigenvalue weighted by atomic mass is 10.1. The van der Waals surface area contributed by atoms with E-state index in [1.807, 2.05) is 18.2 Å². The summed E-state index contributed by atoms with van der Waals surface area (Å²) in [6.45, 7) is 4.19. The van der Waals surface area contributed by atoms with E-state index in [2.05, 4.69) is 4.90 Å². The van der Waals surface area contributed by atoms with Gasteiger partial charge >= 0.3 is 0 Å². The average molecular weight is 280 g/mol. The molecule has 0 radical (unpaired) electrons. The molecule has 0 spiro atoms. The third kappa shape index (κ3) is 3.85. The molecule has 1 atom stereocenters. The second-order valence-corrected chi connectivity index (χ2v) is 4.96. The molecule has 1 unspecified atom stereocenters. The predicted molar refractivity (Wildman–Crippen MR) is 78.5 cm³/mol. The maximum atomic E-state index is 5.67. The minimum Gasteiger partial charge on any atom is -0.497 e. The van der Waals surface area contributed by atoms with Crippen molar-refractivity contribution in [3.05, 3.63) is 23.8 Å². The van der Waals surface area contributed by atoms with Crippen molar-refractivity contribution in [1.82, 2.24) is 4.90 Å². The summed E-state index contributed by atoms with van der Waals surface area (Å²) >= 11 is 0. The van der Waals surface area contributed by atoms with Crippen molar-refractivity contribution in [1.29, 1.82) is 0 Å². The van der Waals surface area contributed by atoms with E-state index in [1.54, 1.807) is 14.2 Å². The van der Waals surface area contributed by atoms with Gasteiger partial charge in [0.15, 0.2) is 0 Å². The largest absolute Gasteiger partial charge is 0.497 e. The van der Waals surface area contributed by atoms with Crippen molar-refractivity contribution < 1.29 is 14.2 Å². The molecular formula is C15H24N2O3. The topological polar surface area (TPSA) is 57.0 Å². The van der Waals surface area contributed by atoms with Gasteiger partial charge in [-0.25, -0.2) is 0 Å². The van der Waals surface area contributed by atoms with Gasteiger partial charge in [0.05, 0.1) is 26.9 Å². The van der Waals surface area contributed by atoms with Crippen LogP contribution in [0.25, 0.3) is 0 Å². The van der Waals surface area contributed by atoms with Crippen LogP contribution in [-0.4, -0.2) is 58.0 Å². The van der Waals surface area contributed by atoms with Crippen LogP contribution in [0.2, 0.25) is 0 Å². The quantitative estimate of drug-likeness (QED) is 0.839. The molecule has 0 bridgehead atoms. The summed E-state index contributed by atoms with van der Waals surface area (Å²) in [7, 11) is 3.38. The van der Waals surface area contributed by atoms with Gasteiger partial charge in [0.1, 0.15) is 11.5 Å². The molecule has 0 aromatic heterocycles. The van der Waals surface area contributed by atoms with Gasteiger partial charge in [-0.1, -0.05) is 0 Å². The average Bonchev–Trinajstić information content (AvgIpc) is 2.52. The minimum absolute atomic E-state index is 0.163. The molecule has 20 heavy (non-hydrogen) atoms. The molecule has 1 saturated heterocycles. The van der Waals surface area contributed by atoms with Gasteiger partial charge in [0, 0.05) is 26.2 Å². The first-order valence-corrected chi connectivity index (χ1v) is 7.01. The summed E-state index contributed by atoms with van der Waals surface area (Å²) in [4.78, 5) is 2.39. The minimum atomic E-state index is 0.163. The molecular weight excluding hydrogens is 256 g/mol. The first-order chi connectivity index (χ1) is 9.76. The van der Waals surface area contributed by atoms with Crippen LogP contribution < -0.4 is 15.2 Å². The second kappa shape index (κ2) is 7.47. The van der Waals surface area contributed by atoms with Gasteiger partial charge < -0.3 is 19.9 Å². The number of hydrogen-bond acceptors (Lipinski definition) is 5. The fourth-order valence-electron chi connectivity index (χ4n) is 2.48. The van der Waals surface area contributed by atoms with E-state index in [9.17, 15) is 0 Å². The van der Waals surface area contributed by atoms with E-state index in [4.69, 9.17) is 19.9 Å². The Morgan fingerprint density at radius 2 is 2.20 bits per heavy atom. The molecule has 1 aliphatic rings. The number of ether oxygens (including phenoxy) is 3. The molecule has 1 aromatic carbocycles. The number of hydrogen-bond donors (Lipinski definition) is 1. The maximum Gasteiger partial charge on any atom is 0.122 e. The normalized spacial score (nSPS) is 19.9. The molecule has 0 aliphatic carbocycles. The van der Waals surface area contributed by atoms with Gasteiger partial charge in [-0.3, -0.25) is 4.90 Å². The molecule has 0 amide bonds. The Kier molecular flexibility index (Phi) is 5.64. The SMILES string of the molecule is COc1ccc(OC)c(CCN2CCOC(CN)C2)c1. The van der Waals surface area contributed by atoms with Crippen LogP contribution in [-0.2, 0) is 11.2 Å². The van der Waals surface area contributed by atoms with Gasteiger partial charge in [0.25, 0.3) is 0 Å². The standard InChI is InChI=1S/C15H24N2O3/c1-18-13-3-4-15(19-2)12(9-13)5-6-17-7-8-20-14(10-16)11-17/h3-4,9,14H,5-8,10-11,16H2,1-2H3. The molecule has 1 aromatic rings.